The maximum absolute atomic E-state index is 14.3. The Bertz CT molecular complexity index is 904. The second-order valence-electron chi connectivity index (χ2n) is 8.31. The van der Waals surface area contributed by atoms with Gasteiger partial charge in [0.15, 0.2) is 0 Å². The summed E-state index contributed by atoms with van der Waals surface area (Å²) < 4.78 is 14.3. The van der Waals surface area contributed by atoms with E-state index in [0.29, 0.717) is 16.6 Å². The van der Waals surface area contributed by atoms with Crippen molar-refractivity contribution >= 4 is 29.4 Å². The number of rotatable bonds is 6. The van der Waals surface area contributed by atoms with Crippen LogP contribution in [-0.4, -0.2) is 22.3 Å². The molecule has 5 nitrogen and oxygen atoms in total. The van der Waals surface area contributed by atoms with Gasteiger partial charge in [-0.2, -0.15) is 0 Å². The van der Waals surface area contributed by atoms with Crippen LogP contribution < -0.4 is 5.32 Å². The summed E-state index contributed by atoms with van der Waals surface area (Å²) in [4.78, 5) is 21.7. The zero-order valence-electron chi connectivity index (χ0n) is 17.2. The minimum atomic E-state index is -1.83. The highest BCUT2D eigenvalue weighted by molar-refractivity contribution is 6.30. The molecule has 0 spiro atoms. The molecule has 0 aromatic heterocycles. The minimum Gasteiger partial charge on any atom is -0.450 e. The topological polar surface area (TPSA) is 86.6 Å². The van der Waals surface area contributed by atoms with E-state index >= 15 is 0 Å². The number of halogens is 2. The Balaban J connectivity index is 0.000000628. The first-order chi connectivity index (χ1) is 14.8. The molecule has 0 radical (unpaired) electrons. The normalized spacial score (nSPS) is 16.8. The van der Waals surface area contributed by atoms with Crippen molar-refractivity contribution in [3.05, 3.63) is 64.4 Å². The molecule has 3 N–H and O–H groups in total. The highest BCUT2D eigenvalue weighted by Crippen LogP contribution is 2.39. The van der Waals surface area contributed by atoms with Gasteiger partial charge >= 0.3 is 6.16 Å². The molecule has 2 aliphatic carbocycles. The summed E-state index contributed by atoms with van der Waals surface area (Å²) in [6.07, 6.45) is 5.99. The number of carbonyl (C=O) groups is 2. The van der Waals surface area contributed by atoms with Gasteiger partial charge in [0.25, 0.3) is 0 Å². The third kappa shape index (κ3) is 6.96. The van der Waals surface area contributed by atoms with Crippen LogP contribution in [0.5, 0.6) is 0 Å². The van der Waals surface area contributed by atoms with Crippen molar-refractivity contribution in [3.8, 4) is 0 Å². The number of hydrogen-bond acceptors (Lipinski definition) is 2. The summed E-state index contributed by atoms with van der Waals surface area (Å²) in [5.41, 5.74) is 2.35. The Morgan fingerprint density at radius 3 is 2.23 bits per heavy atom. The average Bonchev–Trinajstić information content (AvgIpc) is 3.36. The smallest absolute Gasteiger partial charge is 0.450 e. The number of amides is 1. The van der Waals surface area contributed by atoms with E-state index in [2.05, 4.69) is 5.32 Å². The highest BCUT2D eigenvalue weighted by atomic mass is 35.5. The van der Waals surface area contributed by atoms with Crippen LogP contribution in [0, 0.1) is 17.7 Å². The van der Waals surface area contributed by atoms with Crippen LogP contribution in [0.4, 0.5) is 14.9 Å². The molecule has 31 heavy (non-hydrogen) atoms. The maximum Gasteiger partial charge on any atom is 0.503 e. The highest BCUT2D eigenvalue weighted by Gasteiger charge is 2.32. The van der Waals surface area contributed by atoms with E-state index in [0.717, 1.165) is 49.1 Å². The van der Waals surface area contributed by atoms with Gasteiger partial charge in [-0.05, 0) is 79.3 Å². The summed E-state index contributed by atoms with van der Waals surface area (Å²) in [5, 5.41) is 17.5. The molecule has 0 saturated heterocycles. The molecule has 2 fully saturated rings. The van der Waals surface area contributed by atoms with Gasteiger partial charge in [0.2, 0.25) is 5.91 Å². The second kappa shape index (κ2) is 10.6. The van der Waals surface area contributed by atoms with Gasteiger partial charge < -0.3 is 15.5 Å². The second-order valence-corrected chi connectivity index (χ2v) is 8.74. The summed E-state index contributed by atoms with van der Waals surface area (Å²) in [6, 6.07) is 12.6. The van der Waals surface area contributed by atoms with Crippen molar-refractivity contribution in [2.45, 2.75) is 50.9 Å². The van der Waals surface area contributed by atoms with Crippen molar-refractivity contribution < 1.29 is 24.2 Å². The fraction of sp³-hybridized carbons (Fsp3) is 0.417. The number of carbonyl (C=O) groups excluding carboxylic acids is 1. The summed E-state index contributed by atoms with van der Waals surface area (Å²) >= 11 is 6.02. The third-order valence-corrected chi connectivity index (χ3v) is 6.14. The van der Waals surface area contributed by atoms with Crippen LogP contribution in [0.25, 0.3) is 0 Å². The third-order valence-electron chi connectivity index (χ3n) is 5.89. The predicted molar refractivity (Wildman–Crippen MR) is 118 cm³/mol. The number of anilines is 1. The number of hydrogen-bond donors (Lipinski definition) is 3. The van der Waals surface area contributed by atoms with Crippen molar-refractivity contribution in [3.63, 3.8) is 0 Å². The van der Waals surface area contributed by atoms with E-state index in [1.807, 2.05) is 30.3 Å². The van der Waals surface area contributed by atoms with E-state index in [1.165, 1.54) is 18.9 Å². The molecule has 2 aromatic rings. The van der Waals surface area contributed by atoms with Crippen LogP contribution in [0.3, 0.4) is 0 Å². The van der Waals surface area contributed by atoms with Crippen LogP contribution in [0.1, 0.15) is 55.6 Å². The van der Waals surface area contributed by atoms with Gasteiger partial charge in [-0.3, -0.25) is 4.79 Å². The largest absolute Gasteiger partial charge is 0.503 e. The van der Waals surface area contributed by atoms with Crippen LogP contribution in [-0.2, 0) is 11.2 Å². The van der Waals surface area contributed by atoms with Crippen LogP contribution >= 0.6 is 11.6 Å². The monoisotopic (exact) mass is 447 g/mol. The Morgan fingerprint density at radius 1 is 1.03 bits per heavy atom. The van der Waals surface area contributed by atoms with E-state index in [1.54, 1.807) is 6.07 Å². The van der Waals surface area contributed by atoms with Crippen LogP contribution in [0.15, 0.2) is 42.5 Å². The molecule has 2 aliphatic rings. The molecule has 7 heteroatoms. The predicted octanol–water partition coefficient (Wildman–Crippen LogP) is 6.57. The Morgan fingerprint density at radius 2 is 1.65 bits per heavy atom. The van der Waals surface area contributed by atoms with E-state index in [4.69, 9.17) is 26.6 Å². The molecule has 0 heterocycles. The molecule has 1 amide bonds. The SMILES string of the molecule is O=C(Nc1cc(CC2CC2)ccc1F)[C@H](c1ccc(Cl)cc1)C1CCCC1.O=C(O)O. The molecular weight excluding hydrogens is 421 g/mol. The van der Waals surface area contributed by atoms with Crippen LogP contribution in [0.2, 0.25) is 5.02 Å². The summed E-state index contributed by atoms with van der Waals surface area (Å²) in [7, 11) is 0. The average molecular weight is 448 g/mol. The maximum atomic E-state index is 14.3. The lowest BCUT2D eigenvalue weighted by Gasteiger charge is -2.23. The van der Waals surface area contributed by atoms with Crippen molar-refractivity contribution in [1.82, 2.24) is 0 Å². The molecule has 4 rings (SSSR count). The summed E-state index contributed by atoms with van der Waals surface area (Å²) in [5.74, 6) is 0.260. The van der Waals surface area contributed by atoms with Gasteiger partial charge in [0.05, 0.1) is 11.6 Å². The Hall–Kier alpha value is -2.60. The van der Waals surface area contributed by atoms with E-state index in [-0.39, 0.29) is 17.6 Å². The molecule has 1 atom stereocenters. The molecular formula is C24H27ClFNO4. The first kappa shape index (κ1) is 23.1. The van der Waals surface area contributed by atoms with Crippen molar-refractivity contribution in [2.24, 2.45) is 11.8 Å². The lowest BCUT2D eigenvalue weighted by Crippen LogP contribution is -2.27. The van der Waals surface area contributed by atoms with Crippen molar-refractivity contribution in [1.29, 1.82) is 0 Å². The zero-order valence-corrected chi connectivity index (χ0v) is 17.9. The Kier molecular flexibility index (Phi) is 7.91. The number of carboxylic acid groups (broad SMARTS) is 2. The van der Waals surface area contributed by atoms with Gasteiger partial charge in [0.1, 0.15) is 5.82 Å². The van der Waals surface area contributed by atoms with Gasteiger partial charge in [-0.25, -0.2) is 9.18 Å². The first-order valence-corrected chi connectivity index (χ1v) is 11.0. The number of nitrogens with one attached hydrogen (secondary N) is 1. The molecule has 0 unspecified atom stereocenters. The first-order valence-electron chi connectivity index (χ1n) is 10.6. The quantitative estimate of drug-likeness (QED) is 0.467. The zero-order chi connectivity index (χ0) is 22.4. The molecule has 0 bridgehead atoms. The molecule has 2 aromatic carbocycles. The molecule has 0 aliphatic heterocycles. The Labute approximate surface area is 186 Å². The minimum absolute atomic E-state index is 0.119. The fourth-order valence-electron chi connectivity index (χ4n) is 4.26. The number of benzene rings is 2. The van der Waals surface area contributed by atoms with Gasteiger partial charge in [0, 0.05) is 5.02 Å². The summed E-state index contributed by atoms with van der Waals surface area (Å²) in [6.45, 7) is 0. The van der Waals surface area contributed by atoms with Crippen molar-refractivity contribution in [2.75, 3.05) is 5.32 Å². The lowest BCUT2D eigenvalue weighted by molar-refractivity contribution is -0.118. The standard InChI is InChI=1S/C23H25ClFNO.CH2O3/c24-19-10-8-18(9-11-19)22(17-3-1-2-4-17)23(27)26-21-14-16(7-12-20(21)25)13-15-5-6-15;2-1(3)4/h7-12,14-15,17,22H,1-6,13H2,(H,26,27);(H2,2,3,4)/t22-;/m0./s1. The van der Waals surface area contributed by atoms with Gasteiger partial charge in [-0.15, -0.1) is 0 Å². The van der Waals surface area contributed by atoms with E-state index < -0.39 is 6.16 Å². The molecule has 166 valence electrons. The van der Waals surface area contributed by atoms with E-state index in [9.17, 15) is 9.18 Å². The molecule has 2 saturated carbocycles. The lowest BCUT2D eigenvalue weighted by atomic mass is 9.84. The fourth-order valence-corrected chi connectivity index (χ4v) is 4.39. The van der Waals surface area contributed by atoms with Gasteiger partial charge in [-0.1, -0.05) is 42.6 Å².